The lowest BCUT2D eigenvalue weighted by Crippen LogP contribution is -2.29. The Morgan fingerprint density at radius 3 is 2.63 bits per heavy atom. The van der Waals surface area contributed by atoms with Crippen molar-refractivity contribution < 1.29 is 9.32 Å². The molecule has 2 N–H and O–H groups in total. The number of amides is 2. The standard InChI is InChI=1S/C12H15N5O2/c1-7-4-14-10(5-13-7)6-15-12(18)16-11-8(2)17-19-9(11)3/h4-5H,6H2,1-3H3,(H2,15,16,18). The molecule has 7 heteroatoms. The van der Waals surface area contributed by atoms with Crippen molar-refractivity contribution >= 4 is 11.7 Å². The Bertz CT molecular complexity index is 557. The average Bonchev–Trinajstić information content (AvgIpc) is 2.70. The van der Waals surface area contributed by atoms with E-state index in [9.17, 15) is 4.79 Å². The lowest BCUT2D eigenvalue weighted by Gasteiger charge is -2.06. The summed E-state index contributed by atoms with van der Waals surface area (Å²) in [6.07, 6.45) is 3.29. The monoisotopic (exact) mass is 261 g/mol. The highest BCUT2D eigenvalue weighted by Crippen LogP contribution is 2.18. The first-order valence-corrected chi connectivity index (χ1v) is 5.81. The number of aromatic nitrogens is 3. The molecule has 2 aromatic rings. The van der Waals surface area contributed by atoms with Crippen LogP contribution in [-0.2, 0) is 6.54 Å². The molecule has 0 bridgehead atoms. The molecule has 19 heavy (non-hydrogen) atoms. The van der Waals surface area contributed by atoms with E-state index in [0.717, 1.165) is 5.69 Å². The first-order chi connectivity index (χ1) is 9.06. The fourth-order valence-corrected chi connectivity index (χ4v) is 1.50. The highest BCUT2D eigenvalue weighted by atomic mass is 16.5. The van der Waals surface area contributed by atoms with E-state index in [0.29, 0.717) is 29.4 Å². The Morgan fingerprint density at radius 1 is 1.26 bits per heavy atom. The molecular weight excluding hydrogens is 246 g/mol. The molecule has 0 unspecified atom stereocenters. The quantitative estimate of drug-likeness (QED) is 0.877. The molecule has 0 saturated carbocycles. The third kappa shape index (κ3) is 3.27. The van der Waals surface area contributed by atoms with Crippen LogP contribution in [0.15, 0.2) is 16.9 Å². The van der Waals surface area contributed by atoms with Gasteiger partial charge in [-0.2, -0.15) is 0 Å². The minimum Gasteiger partial charge on any atom is -0.359 e. The van der Waals surface area contributed by atoms with Gasteiger partial charge in [0.15, 0.2) is 5.76 Å². The van der Waals surface area contributed by atoms with Crippen molar-refractivity contribution in [2.75, 3.05) is 5.32 Å². The zero-order valence-corrected chi connectivity index (χ0v) is 11.0. The smallest absolute Gasteiger partial charge is 0.319 e. The molecule has 2 rings (SSSR count). The van der Waals surface area contributed by atoms with E-state index in [1.165, 1.54) is 0 Å². The van der Waals surface area contributed by atoms with Crippen LogP contribution < -0.4 is 10.6 Å². The molecule has 7 nitrogen and oxygen atoms in total. The molecular formula is C12H15N5O2. The maximum atomic E-state index is 11.7. The molecule has 0 aliphatic carbocycles. The first-order valence-electron chi connectivity index (χ1n) is 5.81. The molecule has 0 spiro atoms. The fourth-order valence-electron chi connectivity index (χ4n) is 1.50. The molecule has 2 amide bonds. The summed E-state index contributed by atoms with van der Waals surface area (Å²) in [5.41, 5.74) is 2.76. The molecule has 0 aliphatic rings. The van der Waals surface area contributed by atoms with Crippen molar-refractivity contribution in [1.29, 1.82) is 0 Å². The van der Waals surface area contributed by atoms with Crippen LogP contribution in [0.3, 0.4) is 0 Å². The number of rotatable bonds is 3. The van der Waals surface area contributed by atoms with Crippen molar-refractivity contribution in [1.82, 2.24) is 20.4 Å². The second-order valence-electron chi connectivity index (χ2n) is 4.16. The predicted octanol–water partition coefficient (Wildman–Crippen LogP) is 1.71. The van der Waals surface area contributed by atoms with E-state index in [1.54, 1.807) is 26.2 Å². The number of anilines is 1. The topological polar surface area (TPSA) is 92.9 Å². The van der Waals surface area contributed by atoms with Crippen LogP contribution in [0.4, 0.5) is 10.5 Å². The molecule has 100 valence electrons. The SMILES string of the molecule is Cc1cnc(CNC(=O)Nc2c(C)noc2C)cn1. The van der Waals surface area contributed by atoms with Crippen LogP contribution in [0.25, 0.3) is 0 Å². The highest BCUT2D eigenvalue weighted by molar-refractivity contribution is 5.90. The number of hydrogen-bond donors (Lipinski definition) is 2. The van der Waals surface area contributed by atoms with Gasteiger partial charge in [0.25, 0.3) is 0 Å². The van der Waals surface area contributed by atoms with Gasteiger partial charge in [-0.05, 0) is 20.8 Å². The number of urea groups is 1. The van der Waals surface area contributed by atoms with E-state index in [2.05, 4.69) is 25.8 Å². The van der Waals surface area contributed by atoms with Crippen molar-refractivity contribution in [2.24, 2.45) is 0 Å². The second-order valence-corrected chi connectivity index (χ2v) is 4.16. The van der Waals surface area contributed by atoms with Gasteiger partial charge in [-0.1, -0.05) is 5.16 Å². The van der Waals surface area contributed by atoms with Gasteiger partial charge in [0.05, 0.1) is 24.1 Å². The van der Waals surface area contributed by atoms with Crippen LogP contribution in [0.2, 0.25) is 0 Å². The number of nitrogens with zero attached hydrogens (tertiary/aromatic N) is 3. The van der Waals surface area contributed by atoms with Gasteiger partial charge >= 0.3 is 6.03 Å². The van der Waals surface area contributed by atoms with Gasteiger partial charge in [0.2, 0.25) is 0 Å². The molecule has 0 aliphatic heterocycles. The van der Waals surface area contributed by atoms with Gasteiger partial charge in [-0.3, -0.25) is 9.97 Å². The van der Waals surface area contributed by atoms with Crippen molar-refractivity contribution in [2.45, 2.75) is 27.3 Å². The molecule has 2 heterocycles. The van der Waals surface area contributed by atoms with Gasteiger partial charge in [-0.25, -0.2) is 4.79 Å². The summed E-state index contributed by atoms with van der Waals surface area (Å²) in [5, 5.41) is 9.13. The largest absolute Gasteiger partial charge is 0.359 e. The number of carbonyl (C=O) groups excluding carboxylic acids is 1. The van der Waals surface area contributed by atoms with Crippen molar-refractivity contribution in [3.63, 3.8) is 0 Å². The van der Waals surface area contributed by atoms with Gasteiger partial charge in [-0.15, -0.1) is 0 Å². The lowest BCUT2D eigenvalue weighted by atomic mass is 10.3. The highest BCUT2D eigenvalue weighted by Gasteiger charge is 2.11. The second kappa shape index (κ2) is 5.47. The summed E-state index contributed by atoms with van der Waals surface area (Å²) < 4.78 is 4.96. The minimum absolute atomic E-state index is 0.308. The summed E-state index contributed by atoms with van der Waals surface area (Å²) >= 11 is 0. The van der Waals surface area contributed by atoms with Crippen molar-refractivity contribution in [3.05, 3.63) is 35.2 Å². The average molecular weight is 261 g/mol. The van der Waals surface area contributed by atoms with E-state index < -0.39 is 0 Å². The molecule has 0 saturated heterocycles. The maximum Gasteiger partial charge on any atom is 0.319 e. The minimum atomic E-state index is -0.336. The van der Waals surface area contributed by atoms with Crippen LogP contribution in [-0.4, -0.2) is 21.2 Å². The van der Waals surface area contributed by atoms with Crippen LogP contribution in [0, 0.1) is 20.8 Å². The summed E-state index contributed by atoms with van der Waals surface area (Å²) in [5.74, 6) is 0.572. The van der Waals surface area contributed by atoms with Crippen LogP contribution in [0.1, 0.15) is 22.8 Å². The zero-order valence-electron chi connectivity index (χ0n) is 11.0. The van der Waals surface area contributed by atoms with Crippen molar-refractivity contribution in [3.8, 4) is 0 Å². The third-order valence-electron chi connectivity index (χ3n) is 2.54. The summed E-state index contributed by atoms with van der Waals surface area (Å²) in [6.45, 7) is 5.66. The van der Waals surface area contributed by atoms with E-state index in [1.807, 2.05) is 6.92 Å². The molecule has 0 radical (unpaired) electrons. The summed E-state index contributed by atoms with van der Waals surface area (Å²) in [7, 11) is 0. The van der Waals surface area contributed by atoms with Crippen LogP contribution in [0.5, 0.6) is 0 Å². The van der Waals surface area contributed by atoms with Crippen LogP contribution >= 0.6 is 0 Å². The van der Waals surface area contributed by atoms with Gasteiger partial charge in [0.1, 0.15) is 11.4 Å². The number of aryl methyl sites for hydroxylation is 3. The fraction of sp³-hybridized carbons (Fsp3) is 0.333. The lowest BCUT2D eigenvalue weighted by molar-refractivity contribution is 0.251. The Labute approximate surface area is 110 Å². The predicted molar refractivity (Wildman–Crippen MR) is 68.6 cm³/mol. The zero-order chi connectivity index (χ0) is 13.8. The first kappa shape index (κ1) is 13.0. The van der Waals surface area contributed by atoms with Gasteiger partial charge < -0.3 is 15.2 Å². The number of hydrogen-bond acceptors (Lipinski definition) is 5. The van der Waals surface area contributed by atoms with E-state index >= 15 is 0 Å². The maximum absolute atomic E-state index is 11.7. The third-order valence-corrected chi connectivity index (χ3v) is 2.54. The number of carbonyl (C=O) groups is 1. The number of nitrogens with one attached hydrogen (secondary N) is 2. The molecule has 0 aromatic carbocycles. The Balaban J connectivity index is 1.90. The van der Waals surface area contributed by atoms with E-state index in [4.69, 9.17) is 4.52 Å². The summed E-state index contributed by atoms with van der Waals surface area (Å²) in [4.78, 5) is 20.0. The molecule has 0 atom stereocenters. The molecule has 2 aromatic heterocycles. The summed E-state index contributed by atoms with van der Waals surface area (Å²) in [6, 6.07) is -0.336. The Morgan fingerprint density at radius 2 is 2.05 bits per heavy atom. The molecule has 0 fully saturated rings. The van der Waals surface area contributed by atoms with E-state index in [-0.39, 0.29) is 6.03 Å². The Hall–Kier alpha value is -2.44. The Kier molecular flexibility index (Phi) is 3.74. The normalized spacial score (nSPS) is 10.3. The van der Waals surface area contributed by atoms with Gasteiger partial charge in [0, 0.05) is 6.20 Å².